The van der Waals surface area contributed by atoms with E-state index in [0.717, 1.165) is 31.0 Å². The lowest BCUT2D eigenvalue weighted by Gasteiger charge is -2.31. The van der Waals surface area contributed by atoms with E-state index in [1.54, 1.807) is 0 Å². The SMILES string of the molecule is CC1Cc2c(c3cccc(Cl)c3n2CCc2cccnc2)CN1C. The Labute approximate surface area is 147 Å². The van der Waals surface area contributed by atoms with E-state index >= 15 is 0 Å². The lowest BCUT2D eigenvalue weighted by atomic mass is 10.00. The van der Waals surface area contributed by atoms with Crippen molar-refractivity contribution in [3.05, 3.63) is 64.6 Å². The number of aryl methyl sites for hydroxylation is 2. The molecule has 1 aromatic carbocycles. The Morgan fingerprint density at radius 3 is 2.92 bits per heavy atom. The lowest BCUT2D eigenvalue weighted by molar-refractivity contribution is 0.228. The van der Waals surface area contributed by atoms with Gasteiger partial charge in [-0.15, -0.1) is 0 Å². The van der Waals surface area contributed by atoms with Crippen LogP contribution in [0.1, 0.15) is 23.7 Å². The fourth-order valence-corrected chi connectivity index (χ4v) is 4.05. The molecule has 4 rings (SSSR count). The van der Waals surface area contributed by atoms with Crippen molar-refractivity contribution in [2.24, 2.45) is 0 Å². The Kier molecular flexibility index (Phi) is 4.07. The summed E-state index contributed by atoms with van der Waals surface area (Å²) in [6.07, 6.45) is 5.82. The van der Waals surface area contributed by atoms with Gasteiger partial charge >= 0.3 is 0 Å². The first-order valence-electron chi connectivity index (χ1n) is 8.52. The van der Waals surface area contributed by atoms with Crippen molar-refractivity contribution in [2.45, 2.75) is 38.9 Å². The third-order valence-corrected chi connectivity index (χ3v) is 5.56. The molecule has 0 saturated heterocycles. The van der Waals surface area contributed by atoms with Crippen LogP contribution in [0.5, 0.6) is 0 Å². The summed E-state index contributed by atoms with van der Waals surface area (Å²) in [5.74, 6) is 0. The Morgan fingerprint density at radius 2 is 2.12 bits per heavy atom. The first-order chi connectivity index (χ1) is 11.6. The zero-order chi connectivity index (χ0) is 16.7. The highest BCUT2D eigenvalue weighted by atomic mass is 35.5. The molecule has 1 aliphatic rings. The molecular weight excluding hydrogens is 318 g/mol. The number of pyridine rings is 1. The molecule has 0 saturated carbocycles. The van der Waals surface area contributed by atoms with E-state index in [2.05, 4.69) is 46.6 Å². The van der Waals surface area contributed by atoms with Gasteiger partial charge in [-0.1, -0.05) is 29.8 Å². The topological polar surface area (TPSA) is 21.1 Å². The molecular formula is C20H22ClN3. The quantitative estimate of drug-likeness (QED) is 0.709. The lowest BCUT2D eigenvalue weighted by Crippen LogP contribution is -2.35. The zero-order valence-electron chi connectivity index (χ0n) is 14.2. The normalized spacial score (nSPS) is 18.0. The summed E-state index contributed by atoms with van der Waals surface area (Å²) in [6.45, 7) is 4.23. The fraction of sp³-hybridized carbons (Fsp3) is 0.350. The van der Waals surface area contributed by atoms with Crippen LogP contribution >= 0.6 is 11.6 Å². The van der Waals surface area contributed by atoms with Gasteiger partial charge in [0.05, 0.1) is 10.5 Å². The average molecular weight is 340 g/mol. The van der Waals surface area contributed by atoms with Gasteiger partial charge in [-0.05, 0) is 43.7 Å². The molecule has 0 bridgehead atoms. The van der Waals surface area contributed by atoms with Crippen LogP contribution in [0.4, 0.5) is 0 Å². The molecule has 3 heterocycles. The molecule has 24 heavy (non-hydrogen) atoms. The molecule has 1 unspecified atom stereocenters. The predicted octanol–water partition coefficient (Wildman–Crippen LogP) is 4.31. The van der Waals surface area contributed by atoms with Gasteiger partial charge in [0.15, 0.2) is 0 Å². The summed E-state index contributed by atoms with van der Waals surface area (Å²) in [4.78, 5) is 6.66. The minimum Gasteiger partial charge on any atom is -0.343 e. The maximum atomic E-state index is 6.59. The molecule has 3 aromatic rings. The fourth-order valence-electron chi connectivity index (χ4n) is 3.77. The van der Waals surface area contributed by atoms with Gasteiger partial charge in [0, 0.05) is 49.0 Å². The van der Waals surface area contributed by atoms with E-state index < -0.39 is 0 Å². The number of para-hydroxylation sites is 1. The smallest absolute Gasteiger partial charge is 0.0675 e. The van der Waals surface area contributed by atoms with Crippen molar-refractivity contribution in [3.63, 3.8) is 0 Å². The van der Waals surface area contributed by atoms with Crippen molar-refractivity contribution >= 4 is 22.5 Å². The van der Waals surface area contributed by atoms with Gasteiger partial charge in [-0.3, -0.25) is 9.88 Å². The number of hydrogen-bond acceptors (Lipinski definition) is 2. The summed E-state index contributed by atoms with van der Waals surface area (Å²) >= 11 is 6.59. The molecule has 3 nitrogen and oxygen atoms in total. The number of benzene rings is 1. The number of nitrogens with zero attached hydrogens (tertiary/aromatic N) is 3. The highest BCUT2D eigenvalue weighted by Gasteiger charge is 2.27. The Bertz CT molecular complexity index is 869. The molecule has 2 aromatic heterocycles. The molecule has 1 atom stereocenters. The second-order valence-electron chi connectivity index (χ2n) is 6.79. The third-order valence-electron chi connectivity index (χ3n) is 5.25. The summed E-state index contributed by atoms with van der Waals surface area (Å²) in [5, 5.41) is 2.16. The first kappa shape index (κ1) is 15.7. The Balaban J connectivity index is 1.80. The molecule has 0 N–H and O–H groups in total. The summed E-state index contributed by atoms with van der Waals surface area (Å²) in [7, 11) is 2.21. The standard InChI is InChI=1S/C20H22ClN3/c1-14-11-19-17(13-23(14)2)16-6-3-7-18(21)20(16)24(19)10-8-15-5-4-9-22-12-15/h3-7,9,12,14H,8,10-11,13H2,1-2H3. The second-order valence-corrected chi connectivity index (χ2v) is 7.20. The van der Waals surface area contributed by atoms with Gasteiger partial charge < -0.3 is 4.57 Å². The maximum Gasteiger partial charge on any atom is 0.0675 e. The number of aromatic nitrogens is 2. The summed E-state index contributed by atoms with van der Waals surface area (Å²) in [6, 6.07) is 11.0. The minimum atomic E-state index is 0.553. The van der Waals surface area contributed by atoms with Gasteiger partial charge in [0.2, 0.25) is 0 Å². The Hall–Kier alpha value is -1.84. The molecule has 1 aliphatic heterocycles. The van der Waals surface area contributed by atoms with Crippen LogP contribution < -0.4 is 0 Å². The van der Waals surface area contributed by atoms with Gasteiger partial charge in [0.25, 0.3) is 0 Å². The molecule has 0 aliphatic carbocycles. The maximum absolute atomic E-state index is 6.59. The van der Waals surface area contributed by atoms with Crippen molar-refractivity contribution in [1.82, 2.24) is 14.5 Å². The predicted molar refractivity (Wildman–Crippen MR) is 99.5 cm³/mol. The minimum absolute atomic E-state index is 0.553. The van der Waals surface area contributed by atoms with E-state index in [1.165, 1.54) is 27.7 Å². The largest absolute Gasteiger partial charge is 0.343 e. The number of hydrogen-bond donors (Lipinski definition) is 0. The molecule has 4 heteroatoms. The van der Waals surface area contributed by atoms with E-state index in [-0.39, 0.29) is 0 Å². The number of likely N-dealkylation sites (N-methyl/N-ethyl adjacent to an activating group) is 1. The molecule has 0 fully saturated rings. The van der Waals surface area contributed by atoms with Crippen LogP contribution in [-0.2, 0) is 25.9 Å². The zero-order valence-corrected chi connectivity index (χ0v) is 14.9. The molecule has 0 radical (unpaired) electrons. The number of halogens is 1. The van der Waals surface area contributed by atoms with E-state index in [0.29, 0.717) is 6.04 Å². The van der Waals surface area contributed by atoms with Gasteiger partial charge in [-0.25, -0.2) is 0 Å². The average Bonchev–Trinajstić information content (AvgIpc) is 2.89. The number of rotatable bonds is 3. The van der Waals surface area contributed by atoms with Gasteiger partial charge in [-0.2, -0.15) is 0 Å². The van der Waals surface area contributed by atoms with Crippen LogP contribution in [0.15, 0.2) is 42.7 Å². The molecule has 0 amide bonds. The van der Waals surface area contributed by atoms with E-state index in [4.69, 9.17) is 11.6 Å². The van der Waals surface area contributed by atoms with Gasteiger partial charge in [0.1, 0.15) is 0 Å². The van der Waals surface area contributed by atoms with Crippen LogP contribution in [-0.4, -0.2) is 27.5 Å². The monoisotopic (exact) mass is 339 g/mol. The van der Waals surface area contributed by atoms with Crippen LogP contribution in [0, 0.1) is 0 Å². The van der Waals surface area contributed by atoms with Crippen LogP contribution in [0.3, 0.4) is 0 Å². The second kappa shape index (κ2) is 6.23. The van der Waals surface area contributed by atoms with Crippen LogP contribution in [0.25, 0.3) is 10.9 Å². The van der Waals surface area contributed by atoms with Crippen molar-refractivity contribution < 1.29 is 0 Å². The van der Waals surface area contributed by atoms with Crippen molar-refractivity contribution in [3.8, 4) is 0 Å². The number of fused-ring (bicyclic) bond motifs is 3. The highest BCUT2D eigenvalue weighted by molar-refractivity contribution is 6.35. The van der Waals surface area contributed by atoms with E-state index in [1.807, 2.05) is 24.5 Å². The highest BCUT2D eigenvalue weighted by Crippen LogP contribution is 2.36. The van der Waals surface area contributed by atoms with Crippen molar-refractivity contribution in [2.75, 3.05) is 7.05 Å². The molecule has 124 valence electrons. The molecule has 0 spiro atoms. The van der Waals surface area contributed by atoms with E-state index in [9.17, 15) is 0 Å². The summed E-state index contributed by atoms with van der Waals surface area (Å²) < 4.78 is 2.45. The first-order valence-corrected chi connectivity index (χ1v) is 8.90. The van der Waals surface area contributed by atoms with Crippen molar-refractivity contribution in [1.29, 1.82) is 0 Å². The summed E-state index contributed by atoms with van der Waals surface area (Å²) in [5.41, 5.74) is 5.35. The third kappa shape index (κ3) is 2.62. The van der Waals surface area contributed by atoms with Crippen LogP contribution in [0.2, 0.25) is 5.02 Å². The Morgan fingerprint density at radius 1 is 1.25 bits per heavy atom.